The number of carbonyl (C=O) groups is 4. The molecule has 0 spiro atoms. The molecule has 3 aliphatic heterocycles. The Morgan fingerprint density at radius 2 is 0.800 bits per heavy atom. The lowest BCUT2D eigenvalue weighted by Gasteiger charge is -2.45. The van der Waals surface area contributed by atoms with E-state index in [-0.39, 0.29) is 24.4 Å². The number of ketones is 2. The molecule has 6 N–H and O–H groups in total. The highest BCUT2D eigenvalue weighted by molar-refractivity contribution is 5.82. The zero-order valence-electron chi connectivity index (χ0n) is 36.4. The fourth-order valence-corrected chi connectivity index (χ4v) is 7.82. The van der Waals surface area contributed by atoms with Crippen molar-refractivity contribution in [3.05, 3.63) is 48.6 Å². The van der Waals surface area contributed by atoms with E-state index in [9.17, 15) is 49.8 Å². The zero-order chi connectivity index (χ0) is 44.6. The van der Waals surface area contributed by atoms with E-state index >= 15 is 0 Å². The number of esters is 2. The molecule has 0 amide bonds. The molecule has 2 saturated heterocycles. The van der Waals surface area contributed by atoms with E-state index in [1.54, 1.807) is 53.7 Å². The maximum atomic E-state index is 13.1. The van der Waals surface area contributed by atoms with Crippen LogP contribution in [0, 0.1) is 23.7 Å². The minimum Gasteiger partial charge on any atom is -0.461 e. The first kappa shape index (κ1) is 51.3. The van der Waals surface area contributed by atoms with Gasteiger partial charge >= 0.3 is 11.9 Å². The Labute approximate surface area is 355 Å². The summed E-state index contributed by atoms with van der Waals surface area (Å²) in [6, 6.07) is 0. The minimum absolute atomic E-state index is 0.124. The summed E-state index contributed by atoms with van der Waals surface area (Å²) in [6.07, 6.45) is 11.1. The van der Waals surface area contributed by atoms with Crippen LogP contribution in [0.25, 0.3) is 0 Å². The highest BCUT2D eigenvalue weighted by Crippen LogP contribution is 2.39. The van der Waals surface area contributed by atoms with E-state index in [0.717, 1.165) is 0 Å². The average Bonchev–Trinajstić information content (AvgIpc) is 3.20. The summed E-state index contributed by atoms with van der Waals surface area (Å²) in [4.78, 5) is 52.2. The standard InChI is InChI=1S/C46H72O14/c1-29-23-25-39-33(5)37(49)27-35(47)21-17-13-10-8-12-16-20-32(4)58-44(54)42(52)46(56)30(2)24-26-40(60-46)34(6)38(50)28-36(48)22-18-14-9-7-11-15-19-31(3)57-43(53)41(51)45(29,55)59-39/h7-14,29-36,39-42,47-48,51-52,55-56H,15-28H2,1-6H3/b11-7-,12-8-,13-10+,14-9+/t29-,30-,31?,32?,33?,34?,35?,36?,39+,40+,41+,42+,45-,46-/m1/s1. The van der Waals surface area contributed by atoms with Crippen molar-refractivity contribution < 1.29 is 68.8 Å². The largest absolute Gasteiger partial charge is 0.461 e. The molecule has 2 fully saturated rings. The Morgan fingerprint density at radius 1 is 0.483 bits per heavy atom. The molecule has 60 heavy (non-hydrogen) atoms. The lowest BCUT2D eigenvalue weighted by atomic mass is 9.82. The van der Waals surface area contributed by atoms with Gasteiger partial charge in [0.15, 0.2) is 0 Å². The normalized spacial score (nSPS) is 42.3. The lowest BCUT2D eigenvalue weighted by molar-refractivity contribution is -0.322. The Morgan fingerprint density at radius 3 is 1.13 bits per heavy atom. The predicted molar refractivity (Wildman–Crippen MR) is 223 cm³/mol. The van der Waals surface area contributed by atoms with Crippen LogP contribution in [0.5, 0.6) is 0 Å². The predicted octanol–water partition coefficient (Wildman–Crippen LogP) is 4.85. The molecule has 14 atom stereocenters. The van der Waals surface area contributed by atoms with E-state index in [1.807, 2.05) is 36.5 Å². The quantitative estimate of drug-likeness (QED) is 0.179. The molecule has 3 aliphatic rings. The van der Waals surface area contributed by atoms with Gasteiger partial charge in [-0.3, -0.25) is 9.59 Å². The number of fused-ring (bicyclic) bond motifs is 4. The molecule has 14 heteroatoms. The first-order valence-corrected chi connectivity index (χ1v) is 21.9. The molecular formula is C46H72O14. The van der Waals surface area contributed by atoms with Crippen LogP contribution < -0.4 is 0 Å². The fourth-order valence-electron chi connectivity index (χ4n) is 7.82. The molecule has 3 rings (SSSR count). The summed E-state index contributed by atoms with van der Waals surface area (Å²) >= 11 is 0. The molecule has 0 aromatic heterocycles. The van der Waals surface area contributed by atoms with Crippen LogP contribution in [0.2, 0.25) is 0 Å². The van der Waals surface area contributed by atoms with Crippen LogP contribution >= 0.6 is 0 Å². The fraction of sp³-hybridized carbons (Fsp3) is 0.739. The van der Waals surface area contributed by atoms with Crippen LogP contribution in [-0.2, 0) is 38.1 Å². The molecule has 0 aromatic rings. The second-order valence-corrected chi connectivity index (χ2v) is 17.3. The highest BCUT2D eigenvalue weighted by Gasteiger charge is 2.53. The number of ether oxygens (including phenoxy) is 4. The number of cyclic esters (lactones) is 2. The molecule has 14 nitrogen and oxygen atoms in total. The van der Waals surface area contributed by atoms with Gasteiger partial charge in [0, 0.05) is 36.5 Å². The maximum Gasteiger partial charge on any atom is 0.340 e. The minimum atomic E-state index is -2.26. The monoisotopic (exact) mass is 848 g/mol. The summed E-state index contributed by atoms with van der Waals surface area (Å²) in [5.41, 5.74) is 0. The molecule has 340 valence electrons. The Bertz CT molecular complexity index is 1400. The van der Waals surface area contributed by atoms with E-state index in [0.29, 0.717) is 77.0 Å². The number of allylic oxidation sites excluding steroid dienone is 8. The van der Waals surface area contributed by atoms with Gasteiger partial charge in [0.1, 0.15) is 11.6 Å². The molecule has 0 saturated carbocycles. The van der Waals surface area contributed by atoms with E-state index in [2.05, 4.69) is 0 Å². The third-order valence-electron chi connectivity index (χ3n) is 12.3. The third kappa shape index (κ3) is 15.1. The molecule has 3 heterocycles. The smallest absolute Gasteiger partial charge is 0.340 e. The topological polar surface area (TPSA) is 227 Å². The number of hydrogen-bond donors (Lipinski definition) is 6. The summed E-state index contributed by atoms with van der Waals surface area (Å²) in [7, 11) is 0. The maximum absolute atomic E-state index is 13.1. The molecule has 0 radical (unpaired) electrons. The van der Waals surface area contributed by atoms with Crippen molar-refractivity contribution >= 4 is 23.5 Å². The lowest BCUT2D eigenvalue weighted by Crippen LogP contribution is -2.59. The van der Waals surface area contributed by atoms with Crippen molar-refractivity contribution in [2.75, 3.05) is 0 Å². The Balaban J connectivity index is 1.67. The Kier molecular flexibility index (Phi) is 21.0. The van der Waals surface area contributed by atoms with Gasteiger partial charge in [0.05, 0.1) is 36.6 Å². The zero-order valence-corrected chi connectivity index (χ0v) is 36.4. The highest BCUT2D eigenvalue weighted by atomic mass is 16.7. The SMILES string of the molecule is CC1CC/C=C\C=C\CCC(O)CC(=O)C(C)[C@@H]2CC[C@@H](C)[C@@](O)(O2)[C@@H](O)C(=O)OC(C)CC/C=C\C=C\CCC(O)CC(=O)C(C)[C@@H]2CC[C@@H](C)[C@@](O)(O2)[C@@H](O)C(=O)O1. The van der Waals surface area contributed by atoms with Crippen molar-refractivity contribution in [3.63, 3.8) is 0 Å². The number of hydrogen-bond acceptors (Lipinski definition) is 14. The first-order valence-electron chi connectivity index (χ1n) is 21.9. The van der Waals surface area contributed by atoms with Crippen molar-refractivity contribution in [1.29, 1.82) is 0 Å². The molecule has 4 bridgehead atoms. The van der Waals surface area contributed by atoms with Gasteiger partial charge in [-0.15, -0.1) is 0 Å². The summed E-state index contributed by atoms with van der Waals surface area (Å²) in [6.45, 7) is 9.96. The van der Waals surface area contributed by atoms with Gasteiger partial charge < -0.3 is 49.6 Å². The molecule has 0 aromatic carbocycles. The second-order valence-electron chi connectivity index (χ2n) is 17.3. The number of Topliss-reactive ketones (excluding diaryl/α,β-unsaturated/α-hetero) is 2. The summed E-state index contributed by atoms with van der Waals surface area (Å²) < 4.78 is 22.7. The first-order chi connectivity index (χ1) is 28.3. The van der Waals surface area contributed by atoms with Gasteiger partial charge in [-0.2, -0.15) is 0 Å². The van der Waals surface area contributed by atoms with E-state index in [4.69, 9.17) is 18.9 Å². The van der Waals surface area contributed by atoms with Gasteiger partial charge in [-0.1, -0.05) is 76.3 Å². The van der Waals surface area contributed by atoms with Crippen LogP contribution in [0.3, 0.4) is 0 Å². The number of aliphatic hydroxyl groups excluding tert-OH is 4. The van der Waals surface area contributed by atoms with Gasteiger partial charge in [0.2, 0.25) is 23.8 Å². The number of carbonyl (C=O) groups excluding carboxylic acids is 4. The number of rotatable bonds is 0. The average molecular weight is 849 g/mol. The molecule has 6 unspecified atom stereocenters. The van der Waals surface area contributed by atoms with Gasteiger partial charge in [-0.05, 0) is 90.9 Å². The van der Waals surface area contributed by atoms with Crippen LogP contribution in [0.15, 0.2) is 48.6 Å². The van der Waals surface area contributed by atoms with Crippen LogP contribution in [0.1, 0.15) is 131 Å². The van der Waals surface area contributed by atoms with Crippen molar-refractivity contribution in [2.45, 2.75) is 192 Å². The van der Waals surface area contributed by atoms with Crippen molar-refractivity contribution in [3.8, 4) is 0 Å². The summed E-state index contributed by atoms with van der Waals surface area (Å²) in [5.74, 6) is -9.77. The van der Waals surface area contributed by atoms with E-state index < -0.39 is 96.0 Å². The second kappa shape index (κ2) is 24.5. The molecule has 0 aliphatic carbocycles. The van der Waals surface area contributed by atoms with Gasteiger partial charge in [0.25, 0.3) is 0 Å². The van der Waals surface area contributed by atoms with Crippen molar-refractivity contribution in [2.24, 2.45) is 23.7 Å². The third-order valence-corrected chi connectivity index (χ3v) is 12.3. The molecular weight excluding hydrogens is 776 g/mol. The summed E-state index contributed by atoms with van der Waals surface area (Å²) in [5, 5.41) is 66.0. The van der Waals surface area contributed by atoms with Crippen LogP contribution in [0.4, 0.5) is 0 Å². The van der Waals surface area contributed by atoms with Crippen molar-refractivity contribution in [1.82, 2.24) is 0 Å². The van der Waals surface area contributed by atoms with E-state index in [1.165, 1.54) is 0 Å². The Hall–Kier alpha value is -3.08. The van der Waals surface area contributed by atoms with Crippen LogP contribution in [-0.4, -0.2) is 115 Å². The number of aliphatic hydroxyl groups is 6. The van der Waals surface area contributed by atoms with Gasteiger partial charge in [-0.25, -0.2) is 9.59 Å².